The van der Waals surface area contributed by atoms with Crippen molar-refractivity contribution in [2.45, 2.75) is 39.2 Å². The number of rotatable bonds is 6. The number of piperidine rings is 1. The van der Waals surface area contributed by atoms with Crippen LogP contribution in [-0.2, 0) is 6.42 Å². The standard InChI is InChI=1S/C20H29N3OS/c1-15-6-5-11-23(13-15)16(2)12-22-20(24)21-10-9-17-14-25-19-8-4-3-7-18(17)19/h3-4,7-8,14-16H,5-6,9-13H2,1-2H3,(H2,21,22,24). The van der Waals surface area contributed by atoms with E-state index >= 15 is 0 Å². The Morgan fingerprint density at radius 2 is 2.20 bits per heavy atom. The third-order valence-electron chi connectivity index (χ3n) is 5.11. The number of hydrogen-bond donors (Lipinski definition) is 2. The van der Waals surface area contributed by atoms with Crippen molar-refractivity contribution < 1.29 is 4.79 Å². The summed E-state index contributed by atoms with van der Waals surface area (Å²) in [7, 11) is 0. The Labute approximate surface area is 154 Å². The summed E-state index contributed by atoms with van der Waals surface area (Å²) in [5, 5.41) is 9.52. The van der Waals surface area contributed by atoms with Crippen molar-refractivity contribution in [2.24, 2.45) is 5.92 Å². The molecule has 136 valence electrons. The summed E-state index contributed by atoms with van der Waals surface area (Å²) < 4.78 is 1.31. The molecule has 1 fully saturated rings. The predicted molar refractivity (Wildman–Crippen MR) is 106 cm³/mol. The van der Waals surface area contributed by atoms with Gasteiger partial charge in [0.25, 0.3) is 0 Å². The number of amides is 2. The fourth-order valence-electron chi connectivity index (χ4n) is 3.60. The highest BCUT2D eigenvalue weighted by Crippen LogP contribution is 2.25. The highest BCUT2D eigenvalue weighted by Gasteiger charge is 2.21. The van der Waals surface area contributed by atoms with Crippen molar-refractivity contribution in [3.63, 3.8) is 0 Å². The number of thiophene rings is 1. The second-order valence-corrected chi connectivity index (χ2v) is 8.15. The van der Waals surface area contributed by atoms with Gasteiger partial charge in [0.05, 0.1) is 0 Å². The first-order valence-electron chi connectivity index (χ1n) is 9.34. The zero-order chi connectivity index (χ0) is 17.6. The molecule has 0 spiro atoms. The Morgan fingerprint density at radius 3 is 3.04 bits per heavy atom. The van der Waals surface area contributed by atoms with Crippen LogP contribution in [0.15, 0.2) is 29.6 Å². The Hall–Kier alpha value is -1.59. The zero-order valence-electron chi connectivity index (χ0n) is 15.3. The van der Waals surface area contributed by atoms with Crippen LogP contribution in [0.4, 0.5) is 4.79 Å². The molecule has 0 saturated carbocycles. The molecule has 2 N–H and O–H groups in total. The number of nitrogens with zero attached hydrogens (tertiary/aromatic N) is 1. The molecular weight excluding hydrogens is 330 g/mol. The minimum atomic E-state index is -0.0588. The Balaban J connectivity index is 1.38. The van der Waals surface area contributed by atoms with E-state index < -0.39 is 0 Å². The topological polar surface area (TPSA) is 44.4 Å². The fraction of sp³-hybridized carbons (Fsp3) is 0.550. The van der Waals surface area contributed by atoms with Gasteiger partial charge in [0, 0.05) is 30.4 Å². The first-order chi connectivity index (χ1) is 12.1. The van der Waals surface area contributed by atoms with Gasteiger partial charge in [-0.15, -0.1) is 11.3 Å². The molecule has 1 aromatic carbocycles. The average molecular weight is 360 g/mol. The largest absolute Gasteiger partial charge is 0.338 e. The lowest BCUT2D eigenvalue weighted by atomic mass is 9.99. The number of nitrogens with one attached hydrogen (secondary N) is 2. The van der Waals surface area contributed by atoms with Gasteiger partial charge in [-0.2, -0.15) is 0 Å². The number of carbonyl (C=O) groups excluding carboxylic acids is 1. The number of urea groups is 1. The highest BCUT2D eigenvalue weighted by atomic mass is 32.1. The number of fused-ring (bicyclic) bond motifs is 1. The lowest BCUT2D eigenvalue weighted by molar-refractivity contribution is 0.137. The van der Waals surface area contributed by atoms with Gasteiger partial charge in [-0.25, -0.2) is 4.79 Å². The maximum atomic E-state index is 12.0. The van der Waals surface area contributed by atoms with Crippen LogP contribution < -0.4 is 10.6 Å². The SMILES string of the molecule is CC1CCCN(C(C)CNC(=O)NCCc2csc3ccccc23)C1. The summed E-state index contributed by atoms with van der Waals surface area (Å²) in [5.74, 6) is 0.769. The van der Waals surface area contributed by atoms with Gasteiger partial charge < -0.3 is 10.6 Å². The number of benzene rings is 1. The van der Waals surface area contributed by atoms with E-state index in [9.17, 15) is 4.79 Å². The minimum Gasteiger partial charge on any atom is -0.338 e. The lowest BCUT2D eigenvalue weighted by Gasteiger charge is -2.35. The van der Waals surface area contributed by atoms with Crippen molar-refractivity contribution in [1.29, 1.82) is 0 Å². The van der Waals surface area contributed by atoms with E-state index in [1.165, 1.54) is 28.5 Å². The van der Waals surface area contributed by atoms with E-state index in [1.54, 1.807) is 11.3 Å². The van der Waals surface area contributed by atoms with Crippen LogP contribution in [0.1, 0.15) is 32.3 Å². The van der Waals surface area contributed by atoms with E-state index in [-0.39, 0.29) is 6.03 Å². The monoisotopic (exact) mass is 359 g/mol. The molecular formula is C20H29N3OS. The minimum absolute atomic E-state index is 0.0588. The van der Waals surface area contributed by atoms with Crippen LogP contribution in [-0.4, -0.2) is 43.2 Å². The van der Waals surface area contributed by atoms with Crippen molar-refractivity contribution in [3.05, 3.63) is 35.2 Å². The third-order valence-corrected chi connectivity index (χ3v) is 6.12. The Bertz CT molecular complexity index is 699. The normalized spacial score (nSPS) is 19.7. The van der Waals surface area contributed by atoms with Crippen LogP contribution in [0, 0.1) is 5.92 Å². The van der Waals surface area contributed by atoms with Crippen molar-refractivity contribution in [1.82, 2.24) is 15.5 Å². The summed E-state index contributed by atoms with van der Waals surface area (Å²) in [6.45, 7) is 8.19. The van der Waals surface area contributed by atoms with E-state index in [0.29, 0.717) is 19.1 Å². The molecule has 2 amide bonds. The summed E-state index contributed by atoms with van der Waals surface area (Å²) >= 11 is 1.77. The molecule has 2 unspecified atom stereocenters. The molecule has 0 radical (unpaired) electrons. The molecule has 0 bridgehead atoms. The Morgan fingerprint density at radius 1 is 1.36 bits per heavy atom. The first kappa shape index (κ1) is 18.2. The molecule has 1 saturated heterocycles. The molecule has 1 aromatic heterocycles. The number of likely N-dealkylation sites (tertiary alicyclic amines) is 1. The number of hydrogen-bond acceptors (Lipinski definition) is 3. The molecule has 2 atom stereocenters. The van der Waals surface area contributed by atoms with Crippen LogP contribution in [0.3, 0.4) is 0 Å². The van der Waals surface area contributed by atoms with Crippen LogP contribution in [0.2, 0.25) is 0 Å². The molecule has 25 heavy (non-hydrogen) atoms. The average Bonchev–Trinajstić information content (AvgIpc) is 3.03. The van der Waals surface area contributed by atoms with E-state index in [2.05, 4.69) is 59.0 Å². The highest BCUT2D eigenvalue weighted by molar-refractivity contribution is 7.17. The summed E-state index contributed by atoms with van der Waals surface area (Å²) in [4.78, 5) is 14.5. The van der Waals surface area contributed by atoms with Gasteiger partial charge in [0.15, 0.2) is 0 Å². The Kier molecular flexibility index (Phi) is 6.32. The van der Waals surface area contributed by atoms with Gasteiger partial charge in [-0.1, -0.05) is 25.1 Å². The molecule has 2 aromatic rings. The summed E-state index contributed by atoms with van der Waals surface area (Å²) in [6, 6.07) is 8.78. The van der Waals surface area contributed by atoms with Gasteiger partial charge in [-0.3, -0.25) is 4.90 Å². The number of carbonyl (C=O) groups is 1. The fourth-order valence-corrected chi connectivity index (χ4v) is 4.59. The van der Waals surface area contributed by atoms with Crippen molar-refractivity contribution in [3.8, 4) is 0 Å². The van der Waals surface area contributed by atoms with Crippen molar-refractivity contribution in [2.75, 3.05) is 26.2 Å². The van der Waals surface area contributed by atoms with E-state index in [0.717, 1.165) is 25.4 Å². The van der Waals surface area contributed by atoms with Crippen LogP contribution in [0.5, 0.6) is 0 Å². The smallest absolute Gasteiger partial charge is 0.314 e. The second kappa shape index (κ2) is 8.68. The maximum absolute atomic E-state index is 12.0. The van der Waals surface area contributed by atoms with E-state index in [4.69, 9.17) is 0 Å². The van der Waals surface area contributed by atoms with Gasteiger partial charge in [0.1, 0.15) is 0 Å². The lowest BCUT2D eigenvalue weighted by Crippen LogP contribution is -2.48. The van der Waals surface area contributed by atoms with Gasteiger partial charge in [-0.05, 0) is 61.0 Å². The van der Waals surface area contributed by atoms with Crippen molar-refractivity contribution >= 4 is 27.5 Å². The molecule has 5 heteroatoms. The quantitative estimate of drug-likeness (QED) is 0.822. The molecule has 3 rings (SSSR count). The van der Waals surface area contributed by atoms with Gasteiger partial charge >= 0.3 is 6.03 Å². The van der Waals surface area contributed by atoms with Gasteiger partial charge in [0.2, 0.25) is 0 Å². The zero-order valence-corrected chi connectivity index (χ0v) is 16.1. The molecule has 1 aliphatic heterocycles. The van der Waals surface area contributed by atoms with E-state index in [1.807, 2.05) is 0 Å². The maximum Gasteiger partial charge on any atom is 0.314 e. The first-order valence-corrected chi connectivity index (χ1v) is 10.2. The van der Waals surface area contributed by atoms with Crippen LogP contribution in [0.25, 0.3) is 10.1 Å². The summed E-state index contributed by atoms with van der Waals surface area (Å²) in [5.41, 5.74) is 1.32. The predicted octanol–water partition coefficient (Wildman–Crippen LogP) is 3.86. The molecule has 0 aliphatic carbocycles. The molecule has 4 nitrogen and oxygen atoms in total. The molecule has 2 heterocycles. The third kappa shape index (κ3) is 4.95. The second-order valence-electron chi connectivity index (χ2n) is 7.24. The van der Waals surface area contributed by atoms with Crippen LogP contribution >= 0.6 is 11.3 Å². The molecule has 1 aliphatic rings. The summed E-state index contributed by atoms with van der Waals surface area (Å²) in [6.07, 6.45) is 3.47.